The highest BCUT2D eigenvalue weighted by Crippen LogP contribution is 2.25. The number of aromatic nitrogens is 1. The van der Waals surface area contributed by atoms with Gasteiger partial charge in [0.25, 0.3) is 0 Å². The molecule has 1 N–H and O–H groups in total. The maximum Gasteiger partial charge on any atom is 0.0941 e. The van der Waals surface area contributed by atoms with Gasteiger partial charge in [0, 0.05) is 6.42 Å². The first-order valence-electron chi connectivity index (χ1n) is 5.31. The largest absolute Gasteiger partial charge is 0.387 e. The summed E-state index contributed by atoms with van der Waals surface area (Å²) in [6, 6.07) is 8.16. The third-order valence-electron chi connectivity index (χ3n) is 2.76. The van der Waals surface area contributed by atoms with Crippen molar-refractivity contribution >= 4 is 11.3 Å². The average Bonchev–Trinajstić information content (AvgIpc) is 2.68. The fourth-order valence-corrected chi connectivity index (χ4v) is 2.56. The third-order valence-corrected chi connectivity index (χ3v) is 3.79. The van der Waals surface area contributed by atoms with Crippen LogP contribution in [0.5, 0.6) is 0 Å². The van der Waals surface area contributed by atoms with Gasteiger partial charge in [-0.15, -0.1) is 11.3 Å². The number of aliphatic hydroxyl groups excluding tert-OH is 1. The second kappa shape index (κ2) is 4.76. The Labute approximate surface area is 99.6 Å². The summed E-state index contributed by atoms with van der Waals surface area (Å²) >= 11 is 1.52. The standard InChI is InChI=1S/C13H15NOS/c1-9-5-3-4-6-11(9)7-12(15)13-10(2)14-8-16-13/h3-6,8,12,15H,7H2,1-2H3. The number of aliphatic hydroxyl groups is 1. The summed E-state index contributed by atoms with van der Waals surface area (Å²) in [4.78, 5) is 5.14. The van der Waals surface area contributed by atoms with Crippen molar-refractivity contribution in [3.05, 3.63) is 51.5 Å². The van der Waals surface area contributed by atoms with Crippen molar-refractivity contribution in [2.45, 2.75) is 26.4 Å². The highest BCUT2D eigenvalue weighted by Gasteiger charge is 2.14. The lowest BCUT2D eigenvalue weighted by Gasteiger charge is -2.11. The maximum atomic E-state index is 10.1. The first kappa shape index (κ1) is 11.3. The Morgan fingerprint density at radius 1 is 1.31 bits per heavy atom. The van der Waals surface area contributed by atoms with E-state index in [0.717, 1.165) is 10.6 Å². The van der Waals surface area contributed by atoms with Crippen molar-refractivity contribution in [3.8, 4) is 0 Å². The normalized spacial score (nSPS) is 12.7. The predicted octanol–water partition coefficient (Wildman–Crippen LogP) is 3.04. The smallest absolute Gasteiger partial charge is 0.0941 e. The summed E-state index contributed by atoms with van der Waals surface area (Å²) in [5, 5.41) is 10.1. The lowest BCUT2D eigenvalue weighted by Crippen LogP contribution is -2.02. The van der Waals surface area contributed by atoms with Gasteiger partial charge in [0.15, 0.2) is 0 Å². The van der Waals surface area contributed by atoms with E-state index < -0.39 is 6.10 Å². The molecule has 0 aliphatic heterocycles. The molecule has 0 saturated heterocycles. The van der Waals surface area contributed by atoms with Gasteiger partial charge in [0.2, 0.25) is 0 Å². The number of hydrogen-bond acceptors (Lipinski definition) is 3. The van der Waals surface area contributed by atoms with E-state index in [9.17, 15) is 5.11 Å². The molecule has 1 atom stereocenters. The number of thiazole rings is 1. The first-order valence-corrected chi connectivity index (χ1v) is 6.19. The zero-order valence-corrected chi connectivity index (χ0v) is 10.3. The first-order chi connectivity index (χ1) is 7.68. The van der Waals surface area contributed by atoms with E-state index in [0.29, 0.717) is 6.42 Å². The van der Waals surface area contributed by atoms with E-state index in [1.807, 2.05) is 19.1 Å². The summed E-state index contributed by atoms with van der Waals surface area (Å²) in [5.41, 5.74) is 5.14. The Morgan fingerprint density at radius 2 is 2.06 bits per heavy atom. The summed E-state index contributed by atoms with van der Waals surface area (Å²) in [5.74, 6) is 0. The molecule has 3 heteroatoms. The molecule has 2 rings (SSSR count). The van der Waals surface area contributed by atoms with Gasteiger partial charge in [0.05, 0.1) is 22.2 Å². The molecule has 1 aromatic carbocycles. The molecule has 84 valence electrons. The fourth-order valence-electron chi connectivity index (χ4n) is 1.77. The molecule has 0 fully saturated rings. The summed E-state index contributed by atoms with van der Waals surface area (Å²) in [6.07, 6.45) is 0.226. The van der Waals surface area contributed by atoms with Crippen LogP contribution in [0.15, 0.2) is 29.8 Å². The van der Waals surface area contributed by atoms with Crippen molar-refractivity contribution in [2.75, 3.05) is 0 Å². The van der Waals surface area contributed by atoms with Crippen molar-refractivity contribution in [3.63, 3.8) is 0 Å². The van der Waals surface area contributed by atoms with Crippen molar-refractivity contribution < 1.29 is 5.11 Å². The number of aryl methyl sites for hydroxylation is 2. The molecular formula is C13H15NOS. The Morgan fingerprint density at radius 3 is 2.69 bits per heavy atom. The van der Waals surface area contributed by atoms with Crippen LogP contribution in [0.3, 0.4) is 0 Å². The second-order valence-corrected chi connectivity index (χ2v) is 4.83. The van der Waals surface area contributed by atoms with E-state index in [1.165, 1.54) is 22.5 Å². The molecule has 1 aromatic heterocycles. The van der Waals surface area contributed by atoms with Crippen LogP contribution in [0.4, 0.5) is 0 Å². The minimum atomic E-state index is -0.436. The van der Waals surface area contributed by atoms with Crippen LogP contribution < -0.4 is 0 Å². The van der Waals surface area contributed by atoms with Crippen LogP contribution in [0, 0.1) is 13.8 Å². The zero-order chi connectivity index (χ0) is 11.5. The molecule has 0 amide bonds. The molecule has 0 aliphatic rings. The van der Waals surface area contributed by atoms with Crippen LogP contribution in [-0.4, -0.2) is 10.1 Å². The highest BCUT2D eigenvalue weighted by molar-refractivity contribution is 7.09. The van der Waals surface area contributed by atoms with E-state index in [-0.39, 0.29) is 0 Å². The molecular weight excluding hydrogens is 218 g/mol. The molecule has 0 saturated carbocycles. The number of benzene rings is 1. The average molecular weight is 233 g/mol. The van der Waals surface area contributed by atoms with Gasteiger partial charge in [0.1, 0.15) is 0 Å². The number of hydrogen-bond donors (Lipinski definition) is 1. The molecule has 2 nitrogen and oxygen atoms in total. The van der Waals surface area contributed by atoms with Gasteiger partial charge in [-0.2, -0.15) is 0 Å². The molecule has 1 unspecified atom stereocenters. The lowest BCUT2D eigenvalue weighted by molar-refractivity contribution is 0.181. The number of nitrogens with zero attached hydrogens (tertiary/aromatic N) is 1. The molecule has 0 radical (unpaired) electrons. The quantitative estimate of drug-likeness (QED) is 0.884. The minimum Gasteiger partial charge on any atom is -0.387 e. The fraction of sp³-hybridized carbons (Fsp3) is 0.308. The third kappa shape index (κ3) is 2.31. The maximum absolute atomic E-state index is 10.1. The van der Waals surface area contributed by atoms with Gasteiger partial charge in [-0.05, 0) is 25.0 Å². The summed E-state index contributed by atoms with van der Waals surface area (Å²) < 4.78 is 0. The van der Waals surface area contributed by atoms with Crippen LogP contribution in [0.1, 0.15) is 27.8 Å². The summed E-state index contributed by atoms with van der Waals surface area (Å²) in [6.45, 7) is 4.01. The molecule has 0 aliphatic carbocycles. The van der Waals surface area contributed by atoms with Gasteiger partial charge in [-0.25, -0.2) is 4.98 Å². The SMILES string of the molecule is Cc1ccccc1CC(O)c1scnc1C. The van der Waals surface area contributed by atoms with Crippen molar-refractivity contribution in [1.82, 2.24) is 4.98 Å². The Bertz CT molecular complexity index is 478. The van der Waals surface area contributed by atoms with E-state index in [2.05, 4.69) is 24.0 Å². The van der Waals surface area contributed by atoms with Gasteiger partial charge >= 0.3 is 0 Å². The highest BCUT2D eigenvalue weighted by atomic mass is 32.1. The predicted molar refractivity (Wildman–Crippen MR) is 66.7 cm³/mol. The van der Waals surface area contributed by atoms with Crippen molar-refractivity contribution in [2.24, 2.45) is 0 Å². The molecule has 0 bridgehead atoms. The lowest BCUT2D eigenvalue weighted by atomic mass is 10.0. The topological polar surface area (TPSA) is 33.1 Å². The Balaban J connectivity index is 2.17. The number of rotatable bonds is 3. The zero-order valence-electron chi connectivity index (χ0n) is 9.47. The van der Waals surface area contributed by atoms with E-state index >= 15 is 0 Å². The summed E-state index contributed by atoms with van der Waals surface area (Å²) in [7, 11) is 0. The van der Waals surface area contributed by atoms with Gasteiger partial charge in [-0.1, -0.05) is 24.3 Å². The van der Waals surface area contributed by atoms with Crippen molar-refractivity contribution in [1.29, 1.82) is 0 Å². The second-order valence-electron chi connectivity index (χ2n) is 3.95. The molecule has 0 spiro atoms. The van der Waals surface area contributed by atoms with E-state index in [1.54, 1.807) is 5.51 Å². The van der Waals surface area contributed by atoms with E-state index in [4.69, 9.17) is 0 Å². The van der Waals surface area contributed by atoms with Crippen LogP contribution in [0.25, 0.3) is 0 Å². The van der Waals surface area contributed by atoms with Gasteiger partial charge < -0.3 is 5.11 Å². The van der Waals surface area contributed by atoms with Crippen LogP contribution in [-0.2, 0) is 6.42 Å². The minimum absolute atomic E-state index is 0.436. The van der Waals surface area contributed by atoms with Crippen LogP contribution in [0.2, 0.25) is 0 Å². The van der Waals surface area contributed by atoms with Crippen LogP contribution >= 0.6 is 11.3 Å². The molecule has 16 heavy (non-hydrogen) atoms. The molecule has 1 heterocycles. The Kier molecular flexibility index (Phi) is 3.36. The van der Waals surface area contributed by atoms with Gasteiger partial charge in [-0.3, -0.25) is 0 Å². The molecule has 2 aromatic rings. The monoisotopic (exact) mass is 233 g/mol. The Hall–Kier alpha value is -1.19.